The van der Waals surface area contributed by atoms with Gasteiger partial charge in [-0.2, -0.15) is 0 Å². The highest BCUT2D eigenvalue weighted by Crippen LogP contribution is 2.17. The minimum absolute atomic E-state index is 0.235. The van der Waals surface area contributed by atoms with Gasteiger partial charge < -0.3 is 15.7 Å². The van der Waals surface area contributed by atoms with Crippen LogP contribution in [-0.4, -0.2) is 54.3 Å². The third-order valence-corrected chi connectivity index (χ3v) is 3.44. The predicted octanol–water partition coefficient (Wildman–Crippen LogP) is 0.477. The van der Waals surface area contributed by atoms with Crippen molar-refractivity contribution in [1.82, 2.24) is 9.88 Å². The van der Waals surface area contributed by atoms with E-state index in [2.05, 4.69) is 14.8 Å². The zero-order valence-corrected chi connectivity index (χ0v) is 11.0. The Kier molecular flexibility index (Phi) is 4.38. The van der Waals surface area contributed by atoms with E-state index in [9.17, 15) is 0 Å². The molecule has 0 aliphatic carbocycles. The molecule has 1 aliphatic heterocycles. The second kappa shape index (κ2) is 6.02. The first-order chi connectivity index (χ1) is 8.70. The van der Waals surface area contributed by atoms with Crippen LogP contribution in [0.1, 0.15) is 12.1 Å². The zero-order chi connectivity index (χ0) is 13.0. The van der Waals surface area contributed by atoms with Crippen LogP contribution in [0.4, 0.5) is 11.5 Å². The third-order valence-electron chi connectivity index (χ3n) is 3.44. The molecule has 0 saturated carbocycles. The number of nitrogens with zero attached hydrogens (tertiary/aromatic N) is 3. The van der Waals surface area contributed by atoms with Crippen molar-refractivity contribution in [2.45, 2.75) is 13.3 Å². The van der Waals surface area contributed by atoms with Gasteiger partial charge in [-0.05, 0) is 32.0 Å². The van der Waals surface area contributed by atoms with E-state index in [0.29, 0.717) is 0 Å². The van der Waals surface area contributed by atoms with Gasteiger partial charge in [-0.25, -0.2) is 4.98 Å². The van der Waals surface area contributed by atoms with Crippen LogP contribution in [0, 0.1) is 6.92 Å². The van der Waals surface area contributed by atoms with Gasteiger partial charge in [-0.3, -0.25) is 4.90 Å². The van der Waals surface area contributed by atoms with Crippen molar-refractivity contribution in [2.75, 3.05) is 50.0 Å². The first-order valence-corrected chi connectivity index (χ1v) is 6.52. The molecule has 1 saturated heterocycles. The number of aliphatic hydroxyl groups is 1. The van der Waals surface area contributed by atoms with Gasteiger partial charge in [0.15, 0.2) is 0 Å². The molecule has 1 aliphatic rings. The number of anilines is 2. The second-order valence-corrected chi connectivity index (χ2v) is 4.75. The normalized spacial score (nSPS) is 17.8. The molecule has 18 heavy (non-hydrogen) atoms. The van der Waals surface area contributed by atoms with E-state index in [1.54, 1.807) is 0 Å². The van der Waals surface area contributed by atoms with Crippen molar-refractivity contribution < 1.29 is 5.11 Å². The third kappa shape index (κ3) is 3.11. The standard InChI is InChI=1S/C13H22N4O/c1-11-12(14)3-4-13(15-11)17-6-2-5-16(7-8-17)9-10-18/h3-4,18H,2,5-10,14H2,1H3. The predicted molar refractivity (Wildman–Crippen MR) is 73.7 cm³/mol. The molecule has 2 rings (SSSR count). The molecule has 0 bridgehead atoms. The summed E-state index contributed by atoms with van der Waals surface area (Å²) in [6.45, 7) is 6.93. The maximum Gasteiger partial charge on any atom is 0.128 e. The number of pyridine rings is 1. The summed E-state index contributed by atoms with van der Waals surface area (Å²) in [4.78, 5) is 9.13. The maximum absolute atomic E-state index is 8.98. The lowest BCUT2D eigenvalue weighted by Crippen LogP contribution is -2.32. The largest absolute Gasteiger partial charge is 0.397 e. The summed E-state index contributed by atoms with van der Waals surface area (Å²) in [5.74, 6) is 1.01. The molecular weight excluding hydrogens is 228 g/mol. The van der Waals surface area contributed by atoms with Gasteiger partial charge in [0.2, 0.25) is 0 Å². The molecule has 5 nitrogen and oxygen atoms in total. The number of aliphatic hydroxyl groups excluding tert-OH is 1. The van der Waals surface area contributed by atoms with Crippen molar-refractivity contribution >= 4 is 11.5 Å². The summed E-state index contributed by atoms with van der Waals surface area (Å²) in [7, 11) is 0. The van der Waals surface area contributed by atoms with E-state index in [-0.39, 0.29) is 6.61 Å². The van der Waals surface area contributed by atoms with Gasteiger partial charge in [-0.1, -0.05) is 0 Å². The average Bonchev–Trinajstić information content (AvgIpc) is 2.59. The minimum atomic E-state index is 0.235. The molecule has 2 heterocycles. The fraction of sp³-hybridized carbons (Fsp3) is 0.615. The number of hydrogen-bond donors (Lipinski definition) is 2. The Labute approximate surface area is 108 Å². The van der Waals surface area contributed by atoms with E-state index in [0.717, 1.165) is 56.3 Å². The number of nitrogen functional groups attached to an aromatic ring is 1. The molecule has 0 radical (unpaired) electrons. The molecule has 5 heteroatoms. The molecule has 1 fully saturated rings. The van der Waals surface area contributed by atoms with Crippen molar-refractivity contribution in [3.8, 4) is 0 Å². The summed E-state index contributed by atoms with van der Waals surface area (Å²) in [6, 6.07) is 3.91. The van der Waals surface area contributed by atoms with Gasteiger partial charge in [0, 0.05) is 26.2 Å². The number of aromatic nitrogens is 1. The summed E-state index contributed by atoms with van der Waals surface area (Å²) in [5, 5.41) is 8.98. The van der Waals surface area contributed by atoms with E-state index >= 15 is 0 Å². The van der Waals surface area contributed by atoms with E-state index < -0.39 is 0 Å². The average molecular weight is 250 g/mol. The first-order valence-electron chi connectivity index (χ1n) is 6.52. The summed E-state index contributed by atoms with van der Waals surface area (Å²) < 4.78 is 0. The van der Waals surface area contributed by atoms with Crippen LogP contribution in [0.15, 0.2) is 12.1 Å². The molecule has 100 valence electrons. The van der Waals surface area contributed by atoms with E-state index in [1.165, 1.54) is 0 Å². The SMILES string of the molecule is Cc1nc(N2CCCN(CCO)CC2)ccc1N. The van der Waals surface area contributed by atoms with Crippen molar-refractivity contribution in [3.63, 3.8) is 0 Å². The van der Waals surface area contributed by atoms with Gasteiger partial charge in [0.25, 0.3) is 0 Å². The van der Waals surface area contributed by atoms with Crippen LogP contribution in [-0.2, 0) is 0 Å². The molecule has 0 spiro atoms. The first kappa shape index (κ1) is 13.1. The molecule has 0 atom stereocenters. The lowest BCUT2D eigenvalue weighted by molar-refractivity contribution is 0.204. The number of aryl methyl sites for hydroxylation is 1. The quantitative estimate of drug-likeness (QED) is 0.816. The summed E-state index contributed by atoms with van der Waals surface area (Å²) in [6.07, 6.45) is 1.10. The topological polar surface area (TPSA) is 65.6 Å². The van der Waals surface area contributed by atoms with Crippen LogP contribution in [0.25, 0.3) is 0 Å². The molecule has 0 amide bonds. The highest BCUT2D eigenvalue weighted by molar-refractivity contribution is 5.50. The molecular formula is C13H22N4O. The van der Waals surface area contributed by atoms with Crippen LogP contribution in [0.2, 0.25) is 0 Å². The monoisotopic (exact) mass is 250 g/mol. The Hall–Kier alpha value is -1.33. The van der Waals surface area contributed by atoms with Crippen molar-refractivity contribution in [2.24, 2.45) is 0 Å². The summed E-state index contributed by atoms with van der Waals surface area (Å²) in [5.41, 5.74) is 7.43. The lowest BCUT2D eigenvalue weighted by Gasteiger charge is -2.22. The highest BCUT2D eigenvalue weighted by atomic mass is 16.3. The van der Waals surface area contributed by atoms with Gasteiger partial charge in [0.05, 0.1) is 18.0 Å². The molecule has 1 aromatic rings. The fourth-order valence-corrected chi connectivity index (χ4v) is 2.30. The highest BCUT2D eigenvalue weighted by Gasteiger charge is 2.15. The Bertz CT molecular complexity index is 397. The van der Waals surface area contributed by atoms with E-state index in [1.807, 2.05) is 19.1 Å². The Balaban J connectivity index is 2.02. The van der Waals surface area contributed by atoms with Gasteiger partial charge in [0.1, 0.15) is 5.82 Å². The van der Waals surface area contributed by atoms with Crippen molar-refractivity contribution in [3.05, 3.63) is 17.8 Å². The van der Waals surface area contributed by atoms with Crippen LogP contribution >= 0.6 is 0 Å². The van der Waals surface area contributed by atoms with Crippen molar-refractivity contribution in [1.29, 1.82) is 0 Å². The molecule has 3 N–H and O–H groups in total. The van der Waals surface area contributed by atoms with Gasteiger partial charge >= 0.3 is 0 Å². The van der Waals surface area contributed by atoms with E-state index in [4.69, 9.17) is 10.8 Å². The van der Waals surface area contributed by atoms with Crippen LogP contribution in [0.3, 0.4) is 0 Å². The number of nitrogens with two attached hydrogens (primary N) is 1. The smallest absolute Gasteiger partial charge is 0.128 e. The molecule has 0 aromatic carbocycles. The Morgan fingerprint density at radius 3 is 2.83 bits per heavy atom. The number of rotatable bonds is 3. The zero-order valence-electron chi connectivity index (χ0n) is 11.0. The summed E-state index contributed by atoms with van der Waals surface area (Å²) >= 11 is 0. The number of hydrogen-bond acceptors (Lipinski definition) is 5. The minimum Gasteiger partial charge on any atom is -0.397 e. The Morgan fingerprint density at radius 1 is 1.28 bits per heavy atom. The fourth-order valence-electron chi connectivity index (χ4n) is 2.30. The lowest BCUT2D eigenvalue weighted by atomic mass is 10.3. The van der Waals surface area contributed by atoms with Gasteiger partial charge in [-0.15, -0.1) is 0 Å². The second-order valence-electron chi connectivity index (χ2n) is 4.75. The molecule has 1 aromatic heterocycles. The Morgan fingerprint density at radius 2 is 2.11 bits per heavy atom. The van der Waals surface area contributed by atoms with Crippen LogP contribution < -0.4 is 10.6 Å². The number of β-amino-alcohol motifs (C(OH)–C–C–N with tert-alkyl or cyclic N) is 1. The maximum atomic E-state index is 8.98. The molecule has 0 unspecified atom stereocenters. The van der Waals surface area contributed by atoms with Crippen LogP contribution in [0.5, 0.6) is 0 Å².